The summed E-state index contributed by atoms with van der Waals surface area (Å²) in [4.78, 5) is 0. The van der Waals surface area contributed by atoms with Crippen molar-refractivity contribution in [3.05, 3.63) is 29.6 Å². The summed E-state index contributed by atoms with van der Waals surface area (Å²) in [7, 11) is 0. The first-order valence-corrected chi connectivity index (χ1v) is 2.73. The van der Waals surface area contributed by atoms with E-state index in [1.165, 1.54) is 17.7 Å². The molecule has 0 aliphatic carbocycles. The van der Waals surface area contributed by atoms with E-state index in [-0.39, 0.29) is 4.24 Å². The van der Waals surface area contributed by atoms with Gasteiger partial charge in [0, 0.05) is 0 Å². The summed E-state index contributed by atoms with van der Waals surface area (Å²) < 4.78 is 36.7. The number of hydrogen-bond donors (Lipinski definition) is 0. The van der Waals surface area contributed by atoms with Crippen LogP contribution in [-0.4, -0.2) is 17.7 Å². The molecule has 0 saturated heterocycles. The zero-order chi connectivity index (χ0) is 7.72. The summed E-state index contributed by atoms with van der Waals surface area (Å²) in [5, 5.41) is 0. The minimum atomic E-state index is -1.11. The summed E-state index contributed by atoms with van der Waals surface area (Å²) in [5.74, 6) is -2.85. The van der Waals surface area contributed by atoms with Crippen LogP contribution in [0, 0.1) is 17.5 Å². The first-order chi connectivity index (χ1) is 4.63. The van der Waals surface area contributed by atoms with Crippen molar-refractivity contribution in [2.45, 2.75) is 0 Å². The number of hydrogen-bond acceptors (Lipinski definition) is 0. The maximum absolute atomic E-state index is 12.4. The van der Waals surface area contributed by atoms with Crippen LogP contribution in [-0.2, 0) is 0 Å². The zero-order valence-corrected chi connectivity index (χ0v) is 5.29. The number of rotatable bonds is 0. The van der Waals surface area contributed by atoms with Crippen molar-refractivity contribution in [2.24, 2.45) is 0 Å². The predicted octanol–water partition coefficient (Wildman–Crippen LogP) is 0.898. The van der Waals surface area contributed by atoms with Gasteiger partial charge in [-0.15, -0.1) is 0 Å². The summed E-state index contributed by atoms with van der Waals surface area (Å²) in [6.45, 7) is 0. The maximum atomic E-state index is 12.4. The Bertz CT molecular complexity index is 232. The van der Waals surface area contributed by atoms with Crippen molar-refractivity contribution in [1.29, 1.82) is 0 Å². The van der Waals surface area contributed by atoms with Crippen molar-refractivity contribution in [2.75, 3.05) is 0 Å². The molecule has 4 heteroatoms. The van der Waals surface area contributed by atoms with E-state index in [1.54, 1.807) is 0 Å². The first-order valence-electron chi connectivity index (χ1n) is 2.73. The van der Waals surface area contributed by atoms with Crippen LogP contribution in [0.5, 0.6) is 0 Å². The molecule has 1 rings (SSSR count). The molecular weight excluding hydrogens is 136 g/mol. The van der Waals surface area contributed by atoms with Gasteiger partial charge in [0.1, 0.15) is 0 Å². The molecular formula is C6H2F3Li. The van der Waals surface area contributed by atoms with Crippen molar-refractivity contribution >= 4 is 22.0 Å². The second kappa shape index (κ2) is 2.69. The van der Waals surface area contributed by atoms with Gasteiger partial charge in [-0.2, -0.15) is 0 Å². The fraction of sp³-hybridized carbons (Fsp3) is 0. The van der Waals surface area contributed by atoms with Crippen LogP contribution >= 0.6 is 0 Å². The van der Waals surface area contributed by atoms with Crippen LogP contribution < -0.4 is 4.24 Å². The van der Waals surface area contributed by atoms with Gasteiger partial charge in [-0.1, -0.05) is 0 Å². The van der Waals surface area contributed by atoms with E-state index in [4.69, 9.17) is 0 Å². The third kappa shape index (κ3) is 1.20. The van der Waals surface area contributed by atoms with Crippen molar-refractivity contribution < 1.29 is 13.2 Å². The summed E-state index contributed by atoms with van der Waals surface area (Å²) >= 11 is 1.19. The van der Waals surface area contributed by atoms with Gasteiger partial charge in [0.15, 0.2) is 0 Å². The second-order valence-electron chi connectivity index (χ2n) is 1.97. The average molecular weight is 138 g/mol. The van der Waals surface area contributed by atoms with Crippen LogP contribution in [0.25, 0.3) is 0 Å². The molecule has 0 fully saturated rings. The number of benzene rings is 1. The minimum absolute atomic E-state index is 0.278. The molecule has 0 aromatic heterocycles. The molecule has 10 heavy (non-hydrogen) atoms. The molecule has 48 valence electrons. The van der Waals surface area contributed by atoms with E-state index in [0.29, 0.717) is 0 Å². The van der Waals surface area contributed by atoms with Crippen molar-refractivity contribution in [1.82, 2.24) is 0 Å². The molecule has 0 aliphatic heterocycles. The normalized spacial score (nSPS) is 10.1. The second-order valence-corrected chi connectivity index (χ2v) is 1.97. The predicted molar refractivity (Wildman–Crippen MR) is 31.7 cm³/mol. The van der Waals surface area contributed by atoms with E-state index in [1.807, 2.05) is 0 Å². The molecule has 0 unspecified atom stereocenters. The summed E-state index contributed by atoms with van der Waals surface area (Å²) in [6.07, 6.45) is 0. The summed E-state index contributed by atoms with van der Waals surface area (Å²) in [6, 6.07) is 1.66. The fourth-order valence-electron chi connectivity index (χ4n) is 0.628. The average Bonchev–Trinajstić information content (AvgIpc) is 1.93. The molecule has 1 aromatic rings. The van der Waals surface area contributed by atoms with E-state index < -0.39 is 17.5 Å². The Kier molecular flexibility index (Phi) is 2.07. The van der Waals surface area contributed by atoms with Crippen LogP contribution in [0.3, 0.4) is 0 Å². The molecule has 0 atom stereocenters. The van der Waals surface area contributed by atoms with Crippen LogP contribution in [0.15, 0.2) is 12.1 Å². The molecule has 1 aromatic carbocycles. The molecule has 0 spiro atoms. The first kappa shape index (κ1) is 7.71. The molecule has 0 amide bonds. The SMILES string of the molecule is [Li][c]1c(F)ccc(F)c1F. The van der Waals surface area contributed by atoms with Crippen molar-refractivity contribution in [3.8, 4) is 0 Å². The van der Waals surface area contributed by atoms with E-state index in [2.05, 4.69) is 0 Å². The third-order valence-electron chi connectivity index (χ3n) is 1.27. The van der Waals surface area contributed by atoms with E-state index in [9.17, 15) is 13.2 Å². The molecule has 0 bridgehead atoms. The Labute approximate surface area is 65.3 Å². The standard InChI is InChI=1S/C6H2F3.Li/c7-4-1-2-5(8)6(9)3-4;/h1-2H;. The third-order valence-corrected chi connectivity index (χ3v) is 1.27. The Hall–Kier alpha value is -0.393. The van der Waals surface area contributed by atoms with Gasteiger partial charge in [-0.25, -0.2) is 0 Å². The van der Waals surface area contributed by atoms with Gasteiger partial charge in [0.05, 0.1) is 0 Å². The monoisotopic (exact) mass is 138 g/mol. The molecule has 0 N–H and O–H groups in total. The molecule has 0 aliphatic rings. The van der Waals surface area contributed by atoms with Crippen LogP contribution in [0.4, 0.5) is 13.2 Å². The van der Waals surface area contributed by atoms with Gasteiger partial charge in [-0.3, -0.25) is 0 Å². The molecule has 0 nitrogen and oxygen atoms in total. The van der Waals surface area contributed by atoms with Crippen LogP contribution in [0.1, 0.15) is 0 Å². The Morgan fingerprint density at radius 2 is 1.50 bits per heavy atom. The van der Waals surface area contributed by atoms with Gasteiger partial charge in [0.25, 0.3) is 0 Å². The molecule has 0 heterocycles. The fourth-order valence-corrected chi connectivity index (χ4v) is 0.628. The van der Waals surface area contributed by atoms with Gasteiger partial charge in [-0.05, 0) is 0 Å². The molecule has 0 radical (unpaired) electrons. The number of halogens is 3. The summed E-state index contributed by atoms with van der Waals surface area (Å²) in [5.41, 5.74) is 0. The Morgan fingerprint density at radius 1 is 1.00 bits per heavy atom. The van der Waals surface area contributed by atoms with Crippen molar-refractivity contribution in [3.63, 3.8) is 0 Å². The van der Waals surface area contributed by atoms with E-state index >= 15 is 0 Å². The molecule has 0 saturated carbocycles. The Morgan fingerprint density at radius 3 is 2.00 bits per heavy atom. The van der Waals surface area contributed by atoms with E-state index in [0.717, 1.165) is 12.1 Å². The topological polar surface area (TPSA) is 0 Å². The Balaban J connectivity index is 3.34. The van der Waals surface area contributed by atoms with Gasteiger partial charge in [0.2, 0.25) is 0 Å². The van der Waals surface area contributed by atoms with Crippen LogP contribution in [0.2, 0.25) is 0 Å². The van der Waals surface area contributed by atoms with Gasteiger partial charge < -0.3 is 0 Å². The van der Waals surface area contributed by atoms with Gasteiger partial charge >= 0.3 is 64.7 Å². The zero-order valence-electron chi connectivity index (χ0n) is 5.29. The quantitative estimate of drug-likeness (QED) is 0.369.